The SMILES string of the molecule is CCC(N)(C#N)CCCOCC1CCCC(C)C1. The molecule has 104 valence electrons. The Morgan fingerprint density at radius 3 is 2.83 bits per heavy atom. The van der Waals surface area contributed by atoms with Gasteiger partial charge in [-0.15, -0.1) is 0 Å². The monoisotopic (exact) mass is 252 g/mol. The lowest BCUT2D eigenvalue weighted by molar-refractivity contribution is 0.0723. The molecule has 3 unspecified atom stereocenters. The summed E-state index contributed by atoms with van der Waals surface area (Å²) < 4.78 is 5.74. The molecule has 1 aliphatic carbocycles. The molecule has 1 aliphatic rings. The Morgan fingerprint density at radius 1 is 1.44 bits per heavy atom. The van der Waals surface area contributed by atoms with Gasteiger partial charge in [0, 0.05) is 13.2 Å². The molecule has 2 N–H and O–H groups in total. The molecule has 3 heteroatoms. The summed E-state index contributed by atoms with van der Waals surface area (Å²) in [5.74, 6) is 1.61. The third kappa shape index (κ3) is 5.37. The minimum atomic E-state index is -0.650. The number of nitriles is 1. The van der Waals surface area contributed by atoms with Crippen LogP contribution in [0.4, 0.5) is 0 Å². The van der Waals surface area contributed by atoms with Crippen LogP contribution in [0.25, 0.3) is 0 Å². The predicted octanol–water partition coefficient (Wildman–Crippen LogP) is 3.24. The molecule has 0 radical (unpaired) electrons. The number of nitrogens with zero attached hydrogens (tertiary/aromatic N) is 1. The normalized spacial score (nSPS) is 27.4. The second-order valence-corrected chi connectivity index (χ2v) is 5.94. The fraction of sp³-hybridized carbons (Fsp3) is 0.933. The number of rotatable bonds is 7. The van der Waals surface area contributed by atoms with Crippen LogP contribution < -0.4 is 5.73 Å². The largest absolute Gasteiger partial charge is 0.381 e. The molecule has 0 amide bonds. The zero-order valence-electron chi connectivity index (χ0n) is 12.0. The standard InChI is InChI=1S/C15H28N2O/c1-3-15(17,12-16)8-5-9-18-11-14-7-4-6-13(2)10-14/h13-14H,3-11,17H2,1-2H3. The quantitative estimate of drug-likeness (QED) is 0.708. The minimum absolute atomic E-state index is 0.650. The first-order chi connectivity index (χ1) is 8.59. The molecule has 0 saturated heterocycles. The highest BCUT2D eigenvalue weighted by Gasteiger charge is 2.21. The summed E-state index contributed by atoms with van der Waals surface area (Å²) in [5.41, 5.74) is 5.27. The van der Waals surface area contributed by atoms with E-state index in [4.69, 9.17) is 15.7 Å². The van der Waals surface area contributed by atoms with Crippen molar-refractivity contribution in [3.63, 3.8) is 0 Å². The summed E-state index contributed by atoms with van der Waals surface area (Å²) in [5, 5.41) is 8.96. The van der Waals surface area contributed by atoms with Crippen LogP contribution in [-0.4, -0.2) is 18.8 Å². The molecular weight excluding hydrogens is 224 g/mol. The molecular formula is C15H28N2O. The van der Waals surface area contributed by atoms with E-state index in [-0.39, 0.29) is 0 Å². The van der Waals surface area contributed by atoms with Gasteiger partial charge in [-0.25, -0.2) is 0 Å². The van der Waals surface area contributed by atoms with E-state index < -0.39 is 5.54 Å². The second-order valence-electron chi connectivity index (χ2n) is 5.94. The highest BCUT2D eigenvalue weighted by molar-refractivity contribution is 5.03. The van der Waals surface area contributed by atoms with Crippen LogP contribution >= 0.6 is 0 Å². The Kier molecular flexibility index (Phi) is 6.67. The van der Waals surface area contributed by atoms with Gasteiger partial charge in [0.15, 0.2) is 0 Å². The lowest BCUT2D eigenvalue weighted by atomic mass is 9.83. The summed E-state index contributed by atoms with van der Waals surface area (Å²) >= 11 is 0. The van der Waals surface area contributed by atoms with Crippen LogP contribution in [0.2, 0.25) is 0 Å². The number of hydrogen-bond donors (Lipinski definition) is 1. The molecule has 0 aromatic carbocycles. The first-order valence-electron chi connectivity index (χ1n) is 7.37. The molecule has 0 aliphatic heterocycles. The highest BCUT2D eigenvalue weighted by Crippen LogP contribution is 2.28. The molecule has 18 heavy (non-hydrogen) atoms. The molecule has 0 heterocycles. The van der Waals surface area contributed by atoms with Gasteiger partial charge in [0.25, 0.3) is 0 Å². The van der Waals surface area contributed by atoms with Gasteiger partial charge in [0.1, 0.15) is 5.54 Å². The van der Waals surface area contributed by atoms with Crippen molar-refractivity contribution in [2.75, 3.05) is 13.2 Å². The van der Waals surface area contributed by atoms with Gasteiger partial charge in [0.2, 0.25) is 0 Å². The fourth-order valence-electron chi connectivity index (χ4n) is 2.76. The van der Waals surface area contributed by atoms with E-state index in [9.17, 15) is 0 Å². The number of nitrogens with two attached hydrogens (primary N) is 1. The minimum Gasteiger partial charge on any atom is -0.381 e. The molecule has 1 saturated carbocycles. The Balaban J connectivity index is 2.07. The maximum Gasteiger partial charge on any atom is 0.104 e. The van der Waals surface area contributed by atoms with Crippen LogP contribution in [0, 0.1) is 23.2 Å². The van der Waals surface area contributed by atoms with Crippen molar-refractivity contribution in [1.29, 1.82) is 5.26 Å². The van der Waals surface area contributed by atoms with E-state index in [2.05, 4.69) is 13.0 Å². The van der Waals surface area contributed by atoms with Crippen molar-refractivity contribution in [2.45, 2.75) is 64.3 Å². The molecule has 1 fully saturated rings. The van der Waals surface area contributed by atoms with Crippen LogP contribution in [-0.2, 0) is 4.74 Å². The van der Waals surface area contributed by atoms with Crippen molar-refractivity contribution in [2.24, 2.45) is 17.6 Å². The zero-order valence-corrected chi connectivity index (χ0v) is 12.0. The van der Waals surface area contributed by atoms with E-state index in [1.54, 1.807) is 0 Å². The van der Waals surface area contributed by atoms with E-state index in [0.717, 1.165) is 37.9 Å². The predicted molar refractivity (Wildman–Crippen MR) is 74.0 cm³/mol. The van der Waals surface area contributed by atoms with E-state index >= 15 is 0 Å². The average molecular weight is 252 g/mol. The van der Waals surface area contributed by atoms with Gasteiger partial charge in [0.05, 0.1) is 6.07 Å². The van der Waals surface area contributed by atoms with Gasteiger partial charge >= 0.3 is 0 Å². The van der Waals surface area contributed by atoms with Crippen molar-refractivity contribution in [1.82, 2.24) is 0 Å². The average Bonchev–Trinajstić information content (AvgIpc) is 2.38. The molecule has 1 rings (SSSR count). The summed E-state index contributed by atoms with van der Waals surface area (Å²) in [4.78, 5) is 0. The van der Waals surface area contributed by atoms with Crippen LogP contribution in [0.5, 0.6) is 0 Å². The molecule has 0 bridgehead atoms. The first-order valence-corrected chi connectivity index (χ1v) is 7.37. The molecule has 0 spiro atoms. The van der Waals surface area contributed by atoms with Gasteiger partial charge < -0.3 is 10.5 Å². The van der Waals surface area contributed by atoms with E-state index in [1.165, 1.54) is 25.7 Å². The van der Waals surface area contributed by atoms with Gasteiger partial charge in [-0.1, -0.05) is 26.7 Å². The number of ether oxygens (including phenoxy) is 1. The molecule has 0 aromatic heterocycles. The van der Waals surface area contributed by atoms with E-state index in [0.29, 0.717) is 6.42 Å². The second kappa shape index (κ2) is 7.76. The van der Waals surface area contributed by atoms with Gasteiger partial charge in [-0.05, 0) is 43.9 Å². The zero-order chi connectivity index (χ0) is 13.4. The third-order valence-corrected chi connectivity index (χ3v) is 4.16. The van der Waals surface area contributed by atoms with Gasteiger partial charge in [-0.2, -0.15) is 5.26 Å². The Hall–Kier alpha value is -0.590. The van der Waals surface area contributed by atoms with Crippen LogP contribution in [0.1, 0.15) is 58.8 Å². The van der Waals surface area contributed by atoms with Crippen molar-refractivity contribution in [3.05, 3.63) is 0 Å². The van der Waals surface area contributed by atoms with Crippen molar-refractivity contribution in [3.8, 4) is 6.07 Å². The topological polar surface area (TPSA) is 59.0 Å². The first kappa shape index (κ1) is 15.5. The fourth-order valence-corrected chi connectivity index (χ4v) is 2.76. The molecule has 3 nitrogen and oxygen atoms in total. The summed E-state index contributed by atoms with van der Waals surface area (Å²) in [7, 11) is 0. The smallest absolute Gasteiger partial charge is 0.104 e. The maximum absolute atomic E-state index is 8.96. The lowest BCUT2D eigenvalue weighted by Gasteiger charge is -2.26. The Bertz CT molecular complexity index is 274. The van der Waals surface area contributed by atoms with Crippen LogP contribution in [0.15, 0.2) is 0 Å². The van der Waals surface area contributed by atoms with Crippen LogP contribution in [0.3, 0.4) is 0 Å². The summed E-state index contributed by atoms with van der Waals surface area (Å²) in [6.45, 7) is 5.93. The summed E-state index contributed by atoms with van der Waals surface area (Å²) in [6, 6.07) is 2.20. The molecule has 3 atom stereocenters. The Labute approximate surface area is 112 Å². The van der Waals surface area contributed by atoms with Crippen molar-refractivity contribution >= 4 is 0 Å². The molecule has 0 aromatic rings. The summed E-state index contributed by atoms with van der Waals surface area (Å²) in [6.07, 6.45) is 7.70. The maximum atomic E-state index is 8.96. The highest BCUT2D eigenvalue weighted by atomic mass is 16.5. The Morgan fingerprint density at radius 2 is 2.22 bits per heavy atom. The van der Waals surface area contributed by atoms with E-state index in [1.807, 2.05) is 6.92 Å². The third-order valence-electron chi connectivity index (χ3n) is 4.16. The van der Waals surface area contributed by atoms with Crippen molar-refractivity contribution < 1.29 is 4.74 Å². The lowest BCUT2D eigenvalue weighted by Crippen LogP contribution is -2.37. The number of hydrogen-bond acceptors (Lipinski definition) is 3. The van der Waals surface area contributed by atoms with Gasteiger partial charge in [-0.3, -0.25) is 0 Å².